The van der Waals surface area contributed by atoms with E-state index in [4.69, 9.17) is 4.42 Å². The van der Waals surface area contributed by atoms with Gasteiger partial charge in [0, 0.05) is 17.7 Å². The number of carbonyl (C=O) groups is 1. The lowest BCUT2D eigenvalue weighted by Gasteiger charge is -2.00. The zero-order valence-electron chi connectivity index (χ0n) is 14.0. The van der Waals surface area contributed by atoms with Gasteiger partial charge in [-0.25, -0.2) is 9.82 Å². The van der Waals surface area contributed by atoms with Crippen LogP contribution in [-0.4, -0.2) is 17.0 Å². The second kappa shape index (κ2) is 8.05. The van der Waals surface area contributed by atoms with E-state index in [1.165, 1.54) is 42.6 Å². The number of nitrogens with zero attached hydrogens (tertiary/aromatic N) is 2. The van der Waals surface area contributed by atoms with E-state index in [0.717, 1.165) is 0 Å². The molecular formula is C19H14FN3O4. The Morgan fingerprint density at radius 2 is 1.96 bits per heavy atom. The highest BCUT2D eigenvalue weighted by molar-refractivity contribution is 5.82. The van der Waals surface area contributed by atoms with Crippen molar-refractivity contribution in [3.8, 4) is 11.3 Å². The van der Waals surface area contributed by atoms with E-state index in [1.54, 1.807) is 24.3 Å². The third kappa shape index (κ3) is 4.85. The van der Waals surface area contributed by atoms with Gasteiger partial charge in [-0.2, -0.15) is 5.10 Å². The lowest BCUT2D eigenvalue weighted by Crippen LogP contribution is -2.19. The Balaban J connectivity index is 1.60. The molecule has 27 heavy (non-hydrogen) atoms. The van der Waals surface area contributed by atoms with Crippen molar-refractivity contribution in [2.24, 2.45) is 5.10 Å². The summed E-state index contributed by atoms with van der Waals surface area (Å²) in [6.45, 7) is 0. The number of hydrogen-bond donors (Lipinski definition) is 1. The van der Waals surface area contributed by atoms with Crippen LogP contribution in [0.1, 0.15) is 11.3 Å². The monoisotopic (exact) mass is 367 g/mol. The average molecular weight is 367 g/mol. The third-order valence-corrected chi connectivity index (χ3v) is 3.63. The topological polar surface area (TPSA) is 97.7 Å². The maximum Gasteiger partial charge on any atom is 0.270 e. The summed E-state index contributed by atoms with van der Waals surface area (Å²) in [6, 6.07) is 15.0. The fourth-order valence-electron chi connectivity index (χ4n) is 2.35. The number of halogens is 1. The Morgan fingerprint density at radius 1 is 1.19 bits per heavy atom. The molecule has 0 bridgehead atoms. The summed E-state index contributed by atoms with van der Waals surface area (Å²) in [5.74, 6) is 0.0919. The van der Waals surface area contributed by atoms with Gasteiger partial charge in [-0.05, 0) is 29.8 Å². The molecule has 8 heteroatoms. The minimum atomic E-state index is -0.481. The number of hydrazone groups is 1. The lowest BCUT2D eigenvalue weighted by molar-refractivity contribution is -0.384. The highest BCUT2D eigenvalue weighted by Gasteiger charge is 2.10. The molecule has 0 spiro atoms. The number of benzene rings is 2. The van der Waals surface area contributed by atoms with Crippen LogP contribution in [0.4, 0.5) is 10.1 Å². The fourth-order valence-corrected chi connectivity index (χ4v) is 2.35. The molecule has 1 N–H and O–H groups in total. The van der Waals surface area contributed by atoms with Crippen LogP contribution in [0.5, 0.6) is 0 Å². The number of nitro groups is 1. The molecule has 0 atom stereocenters. The van der Waals surface area contributed by atoms with Crippen molar-refractivity contribution in [3.63, 3.8) is 0 Å². The normalized spacial score (nSPS) is 10.9. The number of amides is 1. The van der Waals surface area contributed by atoms with Gasteiger partial charge in [-0.3, -0.25) is 14.9 Å². The first kappa shape index (κ1) is 18.0. The average Bonchev–Trinajstić information content (AvgIpc) is 3.13. The molecule has 0 saturated carbocycles. The van der Waals surface area contributed by atoms with Gasteiger partial charge in [0.15, 0.2) is 0 Å². The Kier molecular flexibility index (Phi) is 5.36. The van der Waals surface area contributed by atoms with Crippen LogP contribution in [0.3, 0.4) is 0 Å². The summed E-state index contributed by atoms with van der Waals surface area (Å²) in [6.07, 6.45) is 1.39. The minimum Gasteiger partial charge on any atom is -0.455 e. The van der Waals surface area contributed by atoms with Gasteiger partial charge in [0.05, 0.1) is 17.6 Å². The van der Waals surface area contributed by atoms with Crippen LogP contribution in [0.2, 0.25) is 0 Å². The molecule has 0 aliphatic rings. The van der Waals surface area contributed by atoms with Crippen molar-refractivity contribution in [2.45, 2.75) is 6.42 Å². The quantitative estimate of drug-likeness (QED) is 0.408. The van der Waals surface area contributed by atoms with E-state index in [-0.39, 0.29) is 23.8 Å². The first-order valence-electron chi connectivity index (χ1n) is 7.92. The van der Waals surface area contributed by atoms with Crippen molar-refractivity contribution in [2.75, 3.05) is 0 Å². The van der Waals surface area contributed by atoms with E-state index < -0.39 is 4.92 Å². The Bertz CT molecular complexity index is 996. The first-order chi connectivity index (χ1) is 13.0. The lowest BCUT2D eigenvalue weighted by atomic mass is 10.1. The largest absolute Gasteiger partial charge is 0.455 e. The van der Waals surface area contributed by atoms with Gasteiger partial charge in [0.1, 0.15) is 17.3 Å². The molecular weight excluding hydrogens is 353 g/mol. The fraction of sp³-hybridized carbons (Fsp3) is 0.0526. The smallest absolute Gasteiger partial charge is 0.270 e. The molecule has 0 unspecified atom stereocenters. The van der Waals surface area contributed by atoms with Gasteiger partial charge in [0.25, 0.3) is 5.69 Å². The highest BCUT2D eigenvalue weighted by atomic mass is 19.1. The number of non-ortho nitro benzene ring substituents is 1. The molecule has 1 heterocycles. The van der Waals surface area contributed by atoms with Crippen molar-refractivity contribution in [3.05, 3.63) is 87.9 Å². The van der Waals surface area contributed by atoms with E-state index in [2.05, 4.69) is 10.5 Å². The zero-order chi connectivity index (χ0) is 19.2. The van der Waals surface area contributed by atoms with Crippen molar-refractivity contribution in [1.82, 2.24) is 5.43 Å². The van der Waals surface area contributed by atoms with Crippen molar-refractivity contribution < 1.29 is 18.5 Å². The number of hydrogen-bond acceptors (Lipinski definition) is 5. The van der Waals surface area contributed by atoms with E-state index in [1.807, 2.05) is 0 Å². The predicted octanol–water partition coefficient (Wildman–Crippen LogP) is 3.69. The number of carbonyl (C=O) groups excluding carboxylic acids is 1. The van der Waals surface area contributed by atoms with Crippen LogP contribution in [0.25, 0.3) is 11.3 Å². The van der Waals surface area contributed by atoms with Crippen LogP contribution in [-0.2, 0) is 11.2 Å². The standard InChI is InChI=1S/C19H14FN3O4/c20-15-6-4-13(5-7-15)10-19(24)22-21-12-17-8-9-18(27-17)14-2-1-3-16(11-14)23(25)26/h1-9,11-12H,10H2,(H,22,24)/b21-12+. The third-order valence-electron chi connectivity index (χ3n) is 3.63. The molecule has 3 aromatic rings. The molecule has 7 nitrogen and oxygen atoms in total. The predicted molar refractivity (Wildman–Crippen MR) is 96.6 cm³/mol. The number of nitro benzene ring substituents is 1. The van der Waals surface area contributed by atoms with Gasteiger partial charge in [0.2, 0.25) is 5.91 Å². The van der Waals surface area contributed by atoms with Gasteiger partial charge < -0.3 is 4.42 Å². The molecule has 2 aromatic carbocycles. The maximum atomic E-state index is 12.8. The van der Waals surface area contributed by atoms with E-state index in [9.17, 15) is 19.3 Å². The molecule has 0 aliphatic heterocycles. The van der Waals surface area contributed by atoms with Gasteiger partial charge in [-0.15, -0.1) is 0 Å². The maximum absolute atomic E-state index is 12.8. The summed E-state index contributed by atoms with van der Waals surface area (Å²) in [7, 11) is 0. The van der Waals surface area contributed by atoms with E-state index >= 15 is 0 Å². The SMILES string of the molecule is O=C(Cc1ccc(F)cc1)N/N=C/c1ccc(-c2cccc([N+](=O)[O-])c2)o1. The highest BCUT2D eigenvalue weighted by Crippen LogP contribution is 2.25. The van der Waals surface area contributed by atoms with Gasteiger partial charge in [-0.1, -0.05) is 24.3 Å². The minimum absolute atomic E-state index is 0.0350. The summed E-state index contributed by atoms with van der Waals surface area (Å²) in [5, 5.41) is 14.6. The Morgan fingerprint density at radius 3 is 2.70 bits per heavy atom. The van der Waals surface area contributed by atoms with Gasteiger partial charge >= 0.3 is 0 Å². The molecule has 136 valence electrons. The van der Waals surface area contributed by atoms with E-state index in [0.29, 0.717) is 22.6 Å². The second-order valence-corrected chi connectivity index (χ2v) is 5.61. The molecule has 0 saturated heterocycles. The second-order valence-electron chi connectivity index (χ2n) is 5.61. The Labute approximate surface area is 153 Å². The first-order valence-corrected chi connectivity index (χ1v) is 7.92. The number of furan rings is 1. The summed E-state index contributed by atoms with van der Waals surface area (Å²) in [4.78, 5) is 22.2. The molecule has 0 fully saturated rings. The molecule has 1 amide bonds. The molecule has 3 rings (SSSR count). The summed E-state index contributed by atoms with van der Waals surface area (Å²) in [5.41, 5.74) is 3.54. The van der Waals surface area contributed by atoms with Crippen LogP contribution < -0.4 is 5.43 Å². The van der Waals surface area contributed by atoms with Crippen LogP contribution in [0.15, 0.2) is 70.2 Å². The van der Waals surface area contributed by atoms with Crippen LogP contribution in [0, 0.1) is 15.9 Å². The molecule has 0 radical (unpaired) electrons. The number of nitrogens with one attached hydrogen (secondary N) is 1. The van der Waals surface area contributed by atoms with Crippen molar-refractivity contribution >= 4 is 17.8 Å². The number of rotatable bonds is 6. The van der Waals surface area contributed by atoms with Crippen LogP contribution >= 0.6 is 0 Å². The zero-order valence-corrected chi connectivity index (χ0v) is 14.0. The molecule has 1 aromatic heterocycles. The Hall–Kier alpha value is -3.81. The van der Waals surface area contributed by atoms with Crippen molar-refractivity contribution in [1.29, 1.82) is 0 Å². The molecule has 0 aliphatic carbocycles. The summed E-state index contributed by atoms with van der Waals surface area (Å²) >= 11 is 0. The summed E-state index contributed by atoms with van der Waals surface area (Å²) < 4.78 is 18.4.